The summed E-state index contributed by atoms with van der Waals surface area (Å²) in [5, 5.41) is 22.5. The maximum Gasteiger partial charge on any atom is 0.164 e. The molecule has 1 aromatic rings. The van der Waals surface area contributed by atoms with Crippen molar-refractivity contribution in [2.45, 2.75) is 69.6 Å². The Hall–Kier alpha value is -1.30. The van der Waals surface area contributed by atoms with E-state index in [2.05, 4.69) is 18.7 Å². The first-order chi connectivity index (χ1) is 12.9. The van der Waals surface area contributed by atoms with Gasteiger partial charge in [-0.1, -0.05) is 19.9 Å². The number of methoxy groups -OCH3 is 1. The number of phenolic OH excluding ortho intramolecular Hbond substituents is 1. The predicted octanol–water partition coefficient (Wildman–Crippen LogP) is 2.63. The van der Waals surface area contributed by atoms with Gasteiger partial charge in [0.2, 0.25) is 0 Å². The van der Waals surface area contributed by atoms with Gasteiger partial charge in [-0.2, -0.15) is 0 Å². The molecule has 5 nitrogen and oxygen atoms in total. The first kappa shape index (κ1) is 19.0. The molecule has 4 rings (SSSR count). The molecule has 2 fully saturated rings. The van der Waals surface area contributed by atoms with Crippen molar-refractivity contribution in [3.05, 3.63) is 23.3 Å². The lowest BCUT2D eigenvalue weighted by Gasteiger charge is -2.56. The van der Waals surface area contributed by atoms with Crippen LogP contribution in [-0.4, -0.2) is 53.0 Å². The molecule has 0 aliphatic heterocycles. The van der Waals surface area contributed by atoms with E-state index in [0.29, 0.717) is 12.2 Å². The zero-order chi connectivity index (χ0) is 19.3. The van der Waals surface area contributed by atoms with E-state index in [1.54, 1.807) is 13.2 Å². The van der Waals surface area contributed by atoms with E-state index in [1.165, 1.54) is 18.4 Å². The summed E-state index contributed by atoms with van der Waals surface area (Å²) in [6, 6.07) is 3.87. The number of aromatic hydroxyl groups is 1. The Labute approximate surface area is 162 Å². The fourth-order valence-electron chi connectivity index (χ4n) is 5.71. The van der Waals surface area contributed by atoms with Crippen molar-refractivity contribution < 1.29 is 14.9 Å². The monoisotopic (exact) mass is 374 g/mol. The second-order valence-electron chi connectivity index (χ2n) is 8.97. The van der Waals surface area contributed by atoms with Gasteiger partial charge in [0.15, 0.2) is 11.5 Å². The van der Waals surface area contributed by atoms with Gasteiger partial charge in [0.25, 0.3) is 0 Å². The summed E-state index contributed by atoms with van der Waals surface area (Å²) in [5.41, 5.74) is 7.76. The quantitative estimate of drug-likeness (QED) is 0.738. The number of ether oxygens (including phenoxy) is 1. The summed E-state index contributed by atoms with van der Waals surface area (Å²) < 4.78 is 5.60. The van der Waals surface area contributed by atoms with Gasteiger partial charge in [0, 0.05) is 30.1 Å². The van der Waals surface area contributed by atoms with Crippen LogP contribution < -0.4 is 10.5 Å². The van der Waals surface area contributed by atoms with E-state index >= 15 is 0 Å². The highest BCUT2D eigenvalue weighted by molar-refractivity contribution is 5.55. The first-order valence-corrected chi connectivity index (χ1v) is 10.5. The molecule has 3 aliphatic carbocycles. The molecule has 0 radical (unpaired) electrons. The van der Waals surface area contributed by atoms with Crippen molar-refractivity contribution in [1.29, 1.82) is 0 Å². The Balaban J connectivity index is 1.83. The molecule has 150 valence electrons. The third-order valence-electron chi connectivity index (χ3n) is 7.43. The van der Waals surface area contributed by atoms with Gasteiger partial charge < -0.3 is 20.7 Å². The standard InChI is InChI=1S/C22H34N2O3/c1-4-24(12-14-5-6-14)18-11-15-7-8-17(25)21(27-3)19(15)20-13(2)16(23)9-10-22(18,20)26/h7-8,13-14,16,18,20,25-26H,4-6,9-12,23H2,1-3H3/t13?,16-,18-,20?,22-/m1/s1. The van der Waals surface area contributed by atoms with Crippen LogP contribution in [0, 0.1) is 11.8 Å². The van der Waals surface area contributed by atoms with Crippen LogP contribution in [0.3, 0.4) is 0 Å². The fraction of sp³-hybridized carbons (Fsp3) is 0.727. The third-order valence-corrected chi connectivity index (χ3v) is 7.43. The SMILES string of the molecule is CCN(CC1CC1)[C@@H]1Cc2ccc(O)c(OC)c2C2C(C)[C@H](N)CC[C@]21O. The number of fused-ring (bicyclic) bond motifs is 3. The highest BCUT2D eigenvalue weighted by Gasteiger charge is 2.56. The lowest BCUT2D eigenvalue weighted by atomic mass is 9.57. The van der Waals surface area contributed by atoms with Gasteiger partial charge >= 0.3 is 0 Å². The molecule has 0 saturated heterocycles. The minimum Gasteiger partial charge on any atom is -0.504 e. The lowest BCUT2D eigenvalue weighted by molar-refractivity contribution is -0.111. The van der Waals surface area contributed by atoms with Crippen LogP contribution in [0.1, 0.15) is 56.6 Å². The van der Waals surface area contributed by atoms with Crippen LogP contribution in [0.25, 0.3) is 0 Å². The Morgan fingerprint density at radius 3 is 2.67 bits per heavy atom. The fourth-order valence-corrected chi connectivity index (χ4v) is 5.71. The maximum absolute atomic E-state index is 12.1. The number of hydrogen-bond acceptors (Lipinski definition) is 5. The smallest absolute Gasteiger partial charge is 0.164 e. The summed E-state index contributed by atoms with van der Waals surface area (Å²) in [7, 11) is 1.60. The van der Waals surface area contributed by atoms with Gasteiger partial charge in [-0.3, -0.25) is 4.90 Å². The molecule has 5 atom stereocenters. The Morgan fingerprint density at radius 2 is 2.04 bits per heavy atom. The molecule has 0 aromatic heterocycles. The molecule has 0 amide bonds. The predicted molar refractivity (Wildman–Crippen MR) is 106 cm³/mol. The highest BCUT2D eigenvalue weighted by atomic mass is 16.5. The van der Waals surface area contributed by atoms with Crippen molar-refractivity contribution >= 4 is 0 Å². The molecule has 3 aliphatic rings. The number of hydrogen-bond donors (Lipinski definition) is 3. The molecule has 0 heterocycles. The number of phenols is 1. The highest BCUT2D eigenvalue weighted by Crippen LogP contribution is 2.55. The summed E-state index contributed by atoms with van der Waals surface area (Å²) in [6.45, 7) is 6.36. The summed E-state index contributed by atoms with van der Waals surface area (Å²) in [6.07, 6.45) is 4.95. The van der Waals surface area contributed by atoms with Crippen LogP contribution in [0.2, 0.25) is 0 Å². The summed E-state index contributed by atoms with van der Waals surface area (Å²) >= 11 is 0. The average Bonchev–Trinajstić information content (AvgIpc) is 3.47. The van der Waals surface area contributed by atoms with Gasteiger partial charge in [0.1, 0.15) is 0 Å². The zero-order valence-corrected chi connectivity index (χ0v) is 16.8. The number of aliphatic hydroxyl groups is 1. The van der Waals surface area contributed by atoms with E-state index in [1.807, 2.05) is 6.07 Å². The van der Waals surface area contributed by atoms with Crippen LogP contribution in [0.4, 0.5) is 0 Å². The largest absolute Gasteiger partial charge is 0.504 e. The topological polar surface area (TPSA) is 79.0 Å². The number of likely N-dealkylation sites (N-methyl/N-ethyl adjacent to an activating group) is 1. The molecular weight excluding hydrogens is 340 g/mol. The lowest BCUT2D eigenvalue weighted by Crippen LogP contribution is -2.64. The molecule has 4 N–H and O–H groups in total. The van der Waals surface area contributed by atoms with Crippen LogP contribution in [-0.2, 0) is 6.42 Å². The molecule has 27 heavy (non-hydrogen) atoms. The minimum atomic E-state index is -0.839. The summed E-state index contributed by atoms with van der Waals surface area (Å²) in [5.74, 6) is 1.45. The molecule has 2 saturated carbocycles. The van der Waals surface area contributed by atoms with Gasteiger partial charge in [0.05, 0.1) is 12.7 Å². The maximum atomic E-state index is 12.1. The number of benzene rings is 1. The minimum absolute atomic E-state index is 0.0486. The van der Waals surface area contributed by atoms with Crippen molar-refractivity contribution in [3.8, 4) is 11.5 Å². The van der Waals surface area contributed by atoms with Crippen LogP contribution >= 0.6 is 0 Å². The van der Waals surface area contributed by atoms with E-state index in [0.717, 1.165) is 37.4 Å². The number of nitrogens with two attached hydrogens (primary N) is 1. The molecular formula is C22H34N2O3. The normalized spacial score (nSPS) is 35.6. The van der Waals surface area contributed by atoms with Crippen molar-refractivity contribution in [3.63, 3.8) is 0 Å². The number of nitrogens with zero attached hydrogens (tertiary/aromatic N) is 1. The van der Waals surface area contributed by atoms with Crippen molar-refractivity contribution in [2.75, 3.05) is 20.2 Å². The molecule has 0 spiro atoms. The Bertz CT molecular complexity index is 705. The van der Waals surface area contributed by atoms with Crippen molar-refractivity contribution in [1.82, 2.24) is 4.90 Å². The van der Waals surface area contributed by atoms with Gasteiger partial charge in [-0.25, -0.2) is 0 Å². The second kappa shape index (κ2) is 6.94. The van der Waals surface area contributed by atoms with E-state index < -0.39 is 5.60 Å². The van der Waals surface area contributed by atoms with E-state index in [4.69, 9.17) is 10.5 Å². The van der Waals surface area contributed by atoms with Crippen LogP contribution in [0.15, 0.2) is 12.1 Å². The van der Waals surface area contributed by atoms with Crippen molar-refractivity contribution in [2.24, 2.45) is 17.6 Å². The molecule has 2 unspecified atom stereocenters. The second-order valence-corrected chi connectivity index (χ2v) is 8.97. The van der Waals surface area contributed by atoms with E-state index in [9.17, 15) is 10.2 Å². The van der Waals surface area contributed by atoms with Crippen LogP contribution in [0.5, 0.6) is 11.5 Å². The Kier molecular flexibility index (Phi) is 4.90. The average molecular weight is 375 g/mol. The molecule has 1 aromatic carbocycles. The number of rotatable bonds is 5. The molecule has 0 bridgehead atoms. The molecule has 5 heteroatoms. The van der Waals surface area contributed by atoms with Gasteiger partial charge in [-0.05, 0) is 62.1 Å². The zero-order valence-electron chi connectivity index (χ0n) is 16.8. The third kappa shape index (κ3) is 3.04. The summed E-state index contributed by atoms with van der Waals surface area (Å²) in [4.78, 5) is 2.50. The Morgan fingerprint density at radius 1 is 1.30 bits per heavy atom. The first-order valence-electron chi connectivity index (χ1n) is 10.5. The van der Waals surface area contributed by atoms with E-state index in [-0.39, 0.29) is 29.7 Å². The van der Waals surface area contributed by atoms with Gasteiger partial charge in [-0.15, -0.1) is 0 Å².